The number of hydrogen-bond donors (Lipinski definition) is 1. The molecule has 1 aliphatic rings. The molecule has 8 heteroatoms. The Bertz CT molecular complexity index is 1090. The molecule has 0 aliphatic carbocycles. The number of thioether (sulfide) groups is 1. The minimum atomic E-state index is -0.445. The largest absolute Gasteiger partial charge is 0.497 e. The standard InChI is InChI=1S/C23H24N4O3S/c1-4-30-21(28)19-15(2)24-22-25-23(31-14-16-8-6-5-7-9-16)26-27(22)20(19)17-10-12-18(29-3)13-11-17/h5-13,20H,4,14H2,1-3H3,(H,24,25,26)/t20-/m1/s1. The number of fused-ring (bicyclic) bond motifs is 1. The van der Waals surface area contributed by atoms with E-state index in [-0.39, 0.29) is 5.97 Å². The highest BCUT2D eigenvalue weighted by Crippen LogP contribution is 2.37. The molecule has 1 atom stereocenters. The van der Waals surface area contributed by atoms with Crippen LogP contribution in [0.1, 0.15) is 31.0 Å². The second-order valence-electron chi connectivity index (χ2n) is 7.00. The molecule has 160 valence electrons. The Morgan fingerprint density at radius 1 is 1.16 bits per heavy atom. The SMILES string of the molecule is CCOC(=O)C1=C(C)Nc2nc(SCc3ccccc3)nn2[C@@H]1c1ccc(OC)cc1. The zero-order valence-corrected chi connectivity index (χ0v) is 18.5. The summed E-state index contributed by atoms with van der Waals surface area (Å²) in [7, 11) is 1.62. The van der Waals surface area contributed by atoms with Crippen LogP contribution in [-0.4, -0.2) is 34.5 Å². The second-order valence-corrected chi connectivity index (χ2v) is 7.94. The number of methoxy groups -OCH3 is 1. The summed E-state index contributed by atoms with van der Waals surface area (Å²) < 4.78 is 12.4. The van der Waals surface area contributed by atoms with E-state index in [1.54, 1.807) is 30.5 Å². The number of aromatic nitrogens is 3. The fourth-order valence-corrected chi connectivity index (χ4v) is 4.27. The lowest BCUT2D eigenvalue weighted by molar-refractivity contribution is -0.139. The molecule has 0 radical (unpaired) electrons. The van der Waals surface area contributed by atoms with Gasteiger partial charge < -0.3 is 14.8 Å². The number of carbonyl (C=O) groups excluding carboxylic acids is 1. The summed E-state index contributed by atoms with van der Waals surface area (Å²) in [5.41, 5.74) is 3.32. The van der Waals surface area contributed by atoms with E-state index >= 15 is 0 Å². The molecule has 1 N–H and O–H groups in total. The van der Waals surface area contributed by atoms with Crippen molar-refractivity contribution in [3.05, 3.63) is 77.0 Å². The average molecular weight is 437 g/mol. The fraction of sp³-hybridized carbons (Fsp3) is 0.261. The van der Waals surface area contributed by atoms with E-state index in [2.05, 4.69) is 22.4 Å². The minimum absolute atomic E-state index is 0.299. The first kappa shape index (κ1) is 21.0. The summed E-state index contributed by atoms with van der Waals surface area (Å²) in [5, 5.41) is 8.59. The number of hydrogen-bond acceptors (Lipinski definition) is 7. The van der Waals surface area contributed by atoms with Crippen LogP contribution in [0.5, 0.6) is 5.75 Å². The maximum Gasteiger partial charge on any atom is 0.338 e. The first-order valence-electron chi connectivity index (χ1n) is 10.0. The van der Waals surface area contributed by atoms with Crippen LogP contribution >= 0.6 is 11.8 Å². The van der Waals surface area contributed by atoms with Gasteiger partial charge in [-0.3, -0.25) is 0 Å². The molecule has 0 unspecified atom stereocenters. The summed E-state index contributed by atoms with van der Waals surface area (Å²) in [6.45, 7) is 3.96. The smallest absolute Gasteiger partial charge is 0.338 e. The molecule has 1 aliphatic heterocycles. The molecule has 7 nitrogen and oxygen atoms in total. The fourth-order valence-electron chi connectivity index (χ4n) is 3.48. The molecule has 0 bridgehead atoms. The van der Waals surface area contributed by atoms with E-state index in [1.165, 1.54) is 5.56 Å². The van der Waals surface area contributed by atoms with Crippen molar-refractivity contribution in [1.29, 1.82) is 0 Å². The van der Waals surface area contributed by atoms with Crippen molar-refractivity contribution in [2.45, 2.75) is 30.8 Å². The van der Waals surface area contributed by atoms with E-state index in [4.69, 9.17) is 14.6 Å². The van der Waals surface area contributed by atoms with Crippen molar-refractivity contribution in [1.82, 2.24) is 14.8 Å². The number of nitrogens with one attached hydrogen (secondary N) is 1. The quantitative estimate of drug-likeness (QED) is 0.434. The van der Waals surface area contributed by atoms with Crippen LogP contribution in [0.15, 0.2) is 71.0 Å². The van der Waals surface area contributed by atoms with Gasteiger partial charge in [-0.15, -0.1) is 5.10 Å². The third-order valence-electron chi connectivity index (χ3n) is 4.97. The summed E-state index contributed by atoms with van der Waals surface area (Å²) in [6, 6.07) is 17.3. The lowest BCUT2D eigenvalue weighted by Crippen LogP contribution is -2.29. The van der Waals surface area contributed by atoms with Crippen LogP contribution in [0.25, 0.3) is 0 Å². The van der Waals surface area contributed by atoms with Gasteiger partial charge in [0.1, 0.15) is 11.8 Å². The molecule has 2 aromatic carbocycles. The highest BCUT2D eigenvalue weighted by molar-refractivity contribution is 7.98. The number of rotatable bonds is 7. The van der Waals surface area contributed by atoms with Crippen molar-refractivity contribution in [2.75, 3.05) is 19.0 Å². The van der Waals surface area contributed by atoms with Crippen LogP contribution in [-0.2, 0) is 15.3 Å². The molecule has 0 fully saturated rings. The van der Waals surface area contributed by atoms with Crippen LogP contribution in [0.4, 0.5) is 5.95 Å². The molecule has 0 saturated carbocycles. The van der Waals surface area contributed by atoms with Crippen LogP contribution in [0.3, 0.4) is 0 Å². The van der Waals surface area contributed by atoms with Gasteiger partial charge in [0.2, 0.25) is 11.1 Å². The number of allylic oxidation sites excluding steroid dienone is 1. The van der Waals surface area contributed by atoms with Crippen molar-refractivity contribution >= 4 is 23.7 Å². The maximum absolute atomic E-state index is 12.8. The Kier molecular flexibility index (Phi) is 6.27. The van der Waals surface area contributed by atoms with Gasteiger partial charge in [0.05, 0.1) is 19.3 Å². The third-order valence-corrected chi connectivity index (χ3v) is 5.88. The molecular formula is C23H24N4O3S. The lowest BCUT2D eigenvalue weighted by Gasteiger charge is -2.28. The molecule has 3 aromatic rings. The van der Waals surface area contributed by atoms with Crippen molar-refractivity contribution in [2.24, 2.45) is 0 Å². The Morgan fingerprint density at radius 2 is 1.90 bits per heavy atom. The number of nitrogens with zero attached hydrogens (tertiary/aromatic N) is 3. The van der Waals surface area contributed by atoms with Crippen LogP contribution in [0.2, 0.25) is 0 Å². The third kappa shape index (κ3) is 4.44. The Morgan fingerprint density at radius 3 is 2.58 bits per heavy atom. The van der Waals surface area contributed by atoms with Crippen molar-refractivity contribution < 1.29 is 14.3 Å². The highest BCUT2D eigenvalue weighted by atomic mass is 32.2. The van der Waals surface area contributed by atoms with Gasteiger partial charge in [-0.05, 0) is 37.1 Å². The molecule has 4 rings (SSSR count). The summed E-state index contributed by atoms with van der Waals surface area (Å²) >= 11 is 1.55. The average Bonchev–Trinajstić information content (AvgIpc) is 3.20. The van der Waals surface area contributed by atoms with Gasteiger partial charge in [-0.1, -0.05) is 54.2 Å². The molecule has 0 saturated heterocycles. The number of carbonyl (C=O) groups is 1. The number of esters is 1. The maximum atomic E-state index is 12.8. The van der Waals surface area contributed by atoms with Crippen LogP contribution < -0.4 is 10.1 Å². The van der Waals surface area contributed by atoms with Gasteiger partial charge in [0.25, 0.3) is 0 Å². The predicted molar refractivity (Wildman–Crippen MR) is 120 cm³/mol. The topological polar surface area (TPSA) is 78.3 Å². The Balaban J connectivity index is 1.70. The lowest BCUT2D eigenvalue weighted by atomic mass is 9.96. The summed E-state index contributed by atoms with van der Waals surface area (Å²) in [5.74, 6) is 1.73. The van der Waals surface area contributed by atoms with Gasteiger partial charge in [0.15, 0.2) is 0 Å². The first-order chi connectivity index (χ1) is 15.1. The minimum Gasteiger partial charge on any atom is -0.497 e. The number of ether oxygens (including phenoxy) is 2. The van der Waals surface area contributed by atoms with E-state index in [1.807, 2.05) is 49.4 Å². The highest BCUT2D eigenvalue weighted by Gasteiger charge is 2.35. The van der Waals surface area contributed by atoms with Gasteiger partial charge in [-0.25, -0.2) is 9.48 Å². The number of benzene rings is 2. The second kappa shape index (κ2) is 9.26. The first-order valence-corrected chi connectivity index (χ1v) is 11.0. The molecule has 1 aromatic heterocycles. The zero-order chi connectivity index (χ0) is 21.8. The molecule has 0 spiro atoms. The van der Waals surface area contributed by atoms with Gasteiger partial charge in [-0.2, -0.15) is 4.98 Å². The Hall–Kier alpha value is -3.26. The van der Waals surface area contributed by atoms with Crippen LogP contribution in [0, 0.1) is 0 Å². The molecular weight excluding hydrogens is 412 g/mol. The molecule has 2 heterocycles. The van der Waals surface area contributed by atoms with Gasteiger partial charge >= 0.3 is 5.97 Å². The van der Waals surface area contributed by atoms with Crippen molar-refractivity contribution in [3.8, 4) is 5.75 Å². The molecule has 31 heavy (non-hydrogen) atoms. The summed E-state index contributed by atoms with van der Waals surface area (Å²) in [6.07, 6.45) is 0. The molecule has 0 amide bonds. The van der Waals surface area contributed by atoms with Gasteiger partial charge in [0, 0.05) is 11.4 Å². The summed E-state index contributed by atoms with van der Waals surface area (Å²) in [4.78, 5) is 17.5. The number of anilines is 1. The van der Waals surface area contributed by atoms with E-state index in [0.29, 0.717) is 29.0 Å². The zero-order valence-electron chi connectivity index (χ0n) is 17.7. The normalized spacial score (nSPS) is 15.3. The Labute approximate surface area is 185 Å². The van der Waals surface area contributed by atoms with Crippen molar-refractivity contribution in [3.63, 3.8) is 0 Å². The van der Waals surface area contributed by atoms with E-state index in [0.717, 1.165) is 17.1 Å². The van der Waals surface area contributed by atoms with E-state index in [9.17, 15) is 4.79 Å². The van der Waals surface area contributed by atoms with E-state index < -0.39 is 6.04 Å². The monoisotopic (exact) mass is 436 g/mol. The predicted octanol–water partition coefficient (Wildman–Crippen LogP) is 4.43.